The van der Waals surface area contributed by atoms with Gasteiger partial charge in [0.2, 0.25) is 5.88 Å². The molecule has 15 heavy (non-hydrogen) atoms. The number of methoxy groups -OCH3 is 1. The molecule has 1 aliphatic rings. The Morgan fingerprint density at radius 3 is 3.00 bits per heavy atom. The molecule has 0 aromatic carbocycles. The van der Waals surface area contributed by atoms with Crippen LogP contribution in [0.25, 0.3) is 0 Å². The summed E-state index contributed by atoms with van der Waals surface area (Å²) in [6.07, 6.45) is 6.57. The van der Waals surface area contributed by atoms with E-state index in [1.807, 2.05) is 6.07 Å². The Kier molecular flexibility index (Phi) is 3.57. The Bertz CT molecular complexity index is 328. The van der Waals surface area contributed by atoms with Gasteiger partial charge in [-0.15, -0.1) is 0 Å². The number of halogens is 1. The zero-order chi connectivity index (χ0) is 10.7. The average molecular weight is 271 g/mol. The van der Waals surface area contributed by atoms with Crippen molar-refractivity contribution in [2.24, 2.45) is 5.92 Å². The molecule has 1 aromatic heterocycles. The topological polar surface area (TPSA) is 35.0 Å². The lowest BCUT2D eigenvalue weighted by atomic mass is 10.1. The molecule has 0 saturated heterocycles. The number of ether oxygens (including phenoxy) is 1. The van der Waals surface area contributed by atoms with Crippen molar-refractivity contribution in [3.63, 3.8) is 0 Å². The van der Waals surface area contributed by atoms with Crippen molar-refractivity contribution >= 4 is 15.9 Å². The SMILES string of the molecule is COc1cc(CC(Br)CC2CC2)ncn1. The Balaban J connectivity index is 1.90. The van der Waals surface area contributed by atoms with Crippen LogP contribution < -0.4 is 4.74 Å². The molecule has 82 valence electrons. The van der Waals surface area contributed by atoms with Crippen molar-refractivity contribution in [3.8, 4) is 5.88 Å². The van der Waals surface area contributed by atoms with E-state index in [1.165, 1.54) is 19.3 Å². The minimum absolute atomic E-state index is 0.532. The molecule has 1 unspecified atom stereocenters. The smallest absolute Gasteiger partial charge is 0.216 e. The van der Waals surface area contributed by atoms with Gasteiger partial charge < -0.3 is 4.74 Å². The first kappa shape index (κ1) is 10.9. The van der Waals surface area contributed by atoms with Crippen LogP contribution in [0.5, 0.6) is 5.88 Å². The van der Waals surface area contributed by atoms with Crippen molar-refractivity contribution in [1.82, 2.24) is 9.97 Å². The fraction of sp³-hybridized carbons (Fsp3) is 0.636. The van der Waals surface area contributed by atoms with Crippen molar-refractivity contribution in [1.29, 1.82) is 0 Å². The van der Waals surface area contributed by atoms with Gasteiger partial charge in [-0.05, 0) is 12.3 Å². The molecular weight excluding hydrogens is 256 g/mol. The van der Waals surface area contributed by atoms with Crippen molar-refractivity contribution < 1.29 is 4.74 Å². The van der Waals surface area contributed by atoms with E-state index in [4.69, 9.17) is 4.74 Å². The maximum Gasteiger partial charge on any atom is 0.216 e. The van der Waals surface area contributed by atoms with E-state index in [9.17, 15) is 0 Å². The zero-order valence-corrected chi connectivity index (χ0v) is 10.4. The first-order chi connectivity index (χ1) is 7.28. The number of aromatic nitrogens is 2. The minimum atomic E-state index is 0.532. The van der Waals surface area contributed by atoms with Gasteiger partial charge >= 0.3 is 0 Å². The van der Waals surface area contributed by atoms with Crippen LogP contribution >= 0.6 is 15.9 Å². The normalized spacial score (nSPS) is 17.5. The molecule has 1 heterocycles. The number of hydrogen-bond acceptors (Lipinski definition) is 3. The standard InChI is InChI=1S/C11H15BrN2O/c1-15-11-6-10(13-7-14-11)5-9(12)4-8-2-3-8/h6-9H,2-5H2,1H3. The van der Waals surface area contributed by atoms with Gasteiger partial charge in [0, 0.05) is 23.0 Å². The molecule has 0 aliphatic heterocycles. The summed E-state index contributed by atoms with van der Waals surface area (Å²) in [5, 5.41) is 0. The van der Waals surface area contributed by atoms with Crippen molar-refractivity contribution in [2.75, 3.05) is 7.11 Å². The quantitative estimate of drug-likeness (QED) is 0.772. The fourth-order valence-corrected chi connectivity index (χ4v) is 2.49. The van der Waals surface area contributed by atoms with Crippen LogP contribution in [-0.2, 0) is 6.42 Å². The summed E-state index contributed by atoms with van der Waals surface area (Å²) in [4.78, 5) is 8.76. The third-order valence-corrected chi connectivity index (χ3v) is 3.32. The summed E-state index contributed by atoms with van der Waals surface area (Å²) in [5.41, 5.74) is 1.05. The molecule has 1 fully saturated rings. The molecule has 0 amide bonds. The van der Waals surface area contributed by atoms with Gasteiger partial charge in [-0.3, -0.25) is 0 Å². The van der Waals surface area contributed by atoms with Gasteiger partial charge in [-0.1, -0.05) is 28.8 Å². The molecule has 1 atom stereocenters. The second kappa shape index (κ2) is 4.92. The molecule has 1 aliphatic carbocycles. The van der Waals surface area contributed by atoms with Crippen LogP contribution in [0.4, 0.5) is 0 Å². The van der Waals surface area contributed by atoms with Crippen LogP contribution in [0.15, 0.2) is 12.4 Å². The van der Waals surface area contributed by atoms with Gasteiger partial charge in [0.15, 0.2) is 0 Å². The molecule has 2 rings (SSSR count). The van der Waals surface area contributed by atoms with Crippen LogP contribution in [0, 0.1) is 5.92 Å². The van der Waals surface area contributed by atoms with Gasteiger partial charge in [-0.2, -0.15) is 0 Å². The maximum absolute atomic E-state index is 5.06. The van der Waals surface area contributed by atoms with E-state index < -0.39 is 0 Å². The molecule has 0 radical (unpaired) electrons. The molecule has 1 saturated carbocycles. The van der Waals surface area contributed by atoms with E-state index >= 15 is 0 Å². The fourth-order valence-electron chi connectivity index (χ4n) is 1.63. The lowest BCUT2D eigenvalue weighted by Gasteiger charge is -2.08. The van der Waals surface area contributed by atoms with E-state index in [-0.39, 0.29) is 0 Å². The van der Waals surface area contributed by atoms with Crippen molar-refractivity contribution in [3.05, 3.63) is 18.1 Å². The average Bonchev–Trinajstić information content (AvgIpc) is 3.02. The van der Waals surface area contributed by atoms with E-state index in [1.54, 1.807) is 13.4 Å². The summed E-state index contributed by atoms with van der Waals surface area (Å²) in [7, 11) is 1.63. The second-order valence-corrected chi connectivity index (χ2v) is 5.33. The van der Waals surface area contributed by atoms with Gasteiger partial charge in [0.05, 0.1) is 7.11 Å². The Hall–Kier alpha value is -0.640. The highest BCUT2D eigenvalue weighted by molar-refractivity contribution is 9.09. The van der Waals surface area contributed by atoms with E-state index in [0.717, 1.165) is 18.0 Å². The predicted molar refractivity (Wildman–Crippen MR) is 62.3 cm³/mol. The van der Waals surface area contributed by atoms with Crippen LogP contribution in [0.2, 0.25) is 0 Å². The van der Waals surface area contributed by atoms with Crippen LogP contribution in [-0.4, -0.2) is 21.9 Å². The van der Waals surface area contributed by atoms with Gasteiger partial charge in [0.25, 0.3) is 0 Å². The lowest BCUT2D eigenvalue weighted by Crippen LogP contribution is -2.06. The molecule has 3 nitrogen and oxygen atoms in total. The number of rotatable bonds is 5. The van der Waals surface area contributed by atoms with Crippen LogP contribution in [0.3, 0.4) is 0 Å². The monoisotopic (exact) mass is 270 g/mol. The molecule has 0 spiro atoms. The lowest BCUT2D eigenvalue weighted by molar-refractivity contribution is 0.395. The van der Waals surface area contributed by atoms with E-state index in [0.29, 0.717) is 10.7 Å². The first-order valence-corrected chi connectivity index (χ1v) is 6.18. The highest BCUT2D eigenvalue weighted by atomic mass is 79.9. The molecule has 0 N–H and O–H groups in total. The minimum Gasteiger partial charge on any atom is -0.481 e. The number of nitrogens with zero attached hydrogens (tertiary/aromatic N) is 2. The summed E-state index contributed by atoms with van der Waals surface area (Å²) in [6.45, 7) is 0. The third-order valence-electron chi connectivity index (χ3n) is 2.62. The second-order valence-electron chi connectivity index (χ2n) is 4.03. The van der Waals surface area contributed by atoms with E-state index in [2.05, 4.69) is 25.9 Å². The maximum atomic E-state index is 5.06. The highest BCUT2D eigenvalue weighted by Crippen LogP contribution is 2.36. The molecule has 0 bridgehead atoms. The number of alkyl halides is 1. The van der Waals surface area contributed by atoms with Crippen LogP contribution in [0.1, 0.15) is 25.0 Å². The van der Waals surface area contributed by atoms with Crippen molar-refractivity contribution in [2.45, 2.75) is 30.5 Å². The summed E-state index contributed by atoms with van der Waals surface area (Å²) in [6, 6.07) is 1.90. The number of hydrogen-bond donors (Lipinski definition) is 0. The molecule has 1 aromatic rings. The largest absolute Gasteiger partial charge is 0.481 e. The first-order valence-electron chi connectivity index (χ1n) is 5.27. The molecular formula is C11H15BrN2O. The Morgan fingerprint density at radius 2 is 2.33 bits per heavy atom. The third kappa shape index (κ3) is 3.45. The summed E-state index contributed by atoms with van der Waals surface area (Å²) < 4.78 is 5.06. The van der Waals surface area contributed by atoms with Gasteiger partial charge in [-0.25, -0.2) is 9.97 Å². The summed E-state index contributed by atoms with van der Waals surface area (Å²) in [5.74, 6) is 1.59. The Morgan fingerprint density at radius 1 is 1.53 bits per heavy atom. The summed E-state index contributed by atoms with van der Waals surface area (Å²) >= 11 is 3.70. The van der Waals surface area contributed by atoms with Gasteiger partial charge in [0.1, 0.15) is 6.33 Å². The molecule has 4 heteroatoms. The highest BCUT2D eigenvalue weighted by Gasteiger charge is 2.24. The Labute approximate surface area is 98.4 Å². The zero-order valence-electron chi connectivity index (χ0n) is 8.82. The predicted octanol–water partition coefficient (Wildman–Crippen LogP) is 2.59.